The molecule has 1 aromatic carbocycles. The number of nitrogens with zero attached hydrogens (tertiary/aromatic N) is 3. The van der Waals surface area contributed by atoms with Gasteiger partial charge in [0.05, 0.1) is 11.1 Å². The van der Waals surface area contributed by atoms with Crippen LogP contribution in [-0.4, -0.2) is 39.4 Å². The van der Waals surface area contributed by atoms with Crippen molar-refractivity contribution in [2.24, 2.45) is 5.92 Å². The van der Waals surface area contributed by atoms with Crippen LogP contribution < -0.4 is 10.6 Å². The van der Waals surface area contributed by atoms with E-state index in [0.717, 1.165) is 32.0 Å². The Balaban J connectivity index is 1.66. The van der Waals surface area contributed by atoms with Gasteiger partial charge in [0.2, 0.25) is 5.91 Å². The fourth-order valence-electron chi connectivity index (χ4n) is 3.06. The maximum absolute atomic E-state index is 14.0. The molecule has 0 radical (unpaired) electrons. The monoisotopic (exact) mass is 358 g/mol. The van der Waals surface area contributed by atoms with E-state index in [-0.39, 0.29) is 23.1 Å². The number of piperidine rings is 1. The normalized spacial score (nSPS) is 15.3. The first-order chi connectivity index (χ1) is 12.6. The van der Waals surface area contributed by atoms with Crippen molar-refractivity contribution in [3.8, 4) is 11.3 Å². The van der Waals surface area contributed by atoms with Crippen LogP contribution in [0, 0.1) is 17.6 Å². The van der Waals surface area contributed by atoms with Crippen LogP contribution in [0.4, 0.5) is 14.6 Å². The molecule has 2 aromatic heterocycles. The minimum atomic E-state index is -0.995. The van der Waals surface area contributed by atoms with Crippen LogP contribution in [0.15, 0.2) is 24.3 Å². The van der Waals surface area contributed by atoms with Crippen molar-refractivity contribution in [1.29, 1.82) is 0 Å². The van der Waals surface area contributed by atoms with Crippen LogP contribution in [0.25, 0.3) is 22.3 Å². The first-order valence-corrected chi connectivity index (χ1v) is 8.31. The zero-order valence-electron chi connectivity index (χ0n) is 13.7. The molecule has 3 heterocycles. The highest BCUT2D eigenvalue weighted by molar-refractivity contribution is 6.00. The third kappa shape index (κ3) is 3.01. The number of rotatable bonds is 3. The van der Waals surface area contributed by atoms with Crippen LogP contribution in [0.3, 0.4) is 0 Å². The van der Waals surface area contributed by atoms with Crippen LogP contribution >= 0.6 is 0 Å². The summed E-state index contributed by atoms with van der Waals surface area (Å²) in [6.07, 6.45) is 1.52. The highest BCUT2D eigenvalue weighted by atomic mass is 19.2. The number of carbonyl (C=O) groups excluding carboxylic acids is 1. The molecule has 0 aliphatic carbocycles. The number of hydrogen-bond acceptors (Lipinski definition) is 5. The molecule has 9 heteroatoms. The molecule has 0 saturated carbocycles. The molecule has 1 aliphatic heterocycles. The third-order valence-corrected chi connectivity index (χ3v) is 4.50. The number of benzene rings is 1. The summed E-state index contributed by atoms with van der Waals surface area (Å²) in [6, 6.07) is 5.38. The van der Waals surface area contributed by atoms with Gasteiger partial charge >= 0.3 is 0 Å². The molecule has 1 fully saturated rings. The standard InChI is InChI=1S/C17H16F2N6O/c18-12-3-1-2-10(14(12)19)13-8-11-15(23-25-16(11)24-22-13)21-17(26)9-4-6-20-7-5-9/h1-3,8-9,20H,4-7H2,(H2,21,23,24,25,26). The molecule has 26 heavy (non-hydrogen) atoms. The molecule has 3 aromatic rings. The molecule has 0 atom stereocenters. The predicted molar refractivity (Wildman–Crippen MR) is 91.3 cm³/mol. The van der Waals surface area contributed by atoms with E-state index in [2.05, 4.69) is 31.0 Å². The van der Waals surface area contributed by atoms with Crippen molar-refractivity contribution < 1.29 is 13.6 Å². The maximum atomic E-state index is 14.0. The molecule has 7 nitrogen and oxygen atoms in total. The fraction of sp³-hybridized carbons (Fsp3) is 0.294. The van der Waals surface area contributed by atoms with Gasteiger partial charge in [-0.2, -0.15) is 5.10 Å². The number of halogens is 2. The summed E-state index contributed by atoms with van der Waals surface area (Å²) in [7, 11) is 0. The zero-order valence-corrected chi connectivity index (χ0v) is 13.7. The lowest BCUT2D eigenvalue weighted by Crippen LogP contribution is -2.34. The smallest absolute Gasteiger partial charge is 0.228 e. The van der Waals surface area contributed by atoms with Crippen molar-refractivity contribution in [2.45, 2.75) is 12.8 Å². The number of hydrogen-bond donors (Lipinski definition) is 3. The number of carbonyl (C=O) groups is 1. The molecular formula is C17H16F2N6O. The lowest BCUT2D eigenvalue weighted by Gasteiger charge is -2.21. The van der Waals surface area contributed by atoms with Gasteiger partial charge in [-0.05, 0) is 44.1 Å². The quantitative estimate of drug-likeness (QED) is 0.667. The summed E-state index contributed by atoms with van der Waals surface area (Å²) < 4.78 is 27.5. The van der Waals surface area contributed by atoms with Crippen molar-refractivity contribution in [3.05, 3.63) is 35.9 Å². The number of fused-ring (bicyclic) bond motifs is 1. The molecule has 1 saturated heterocycles. The lowest BCUT2D eigenvalue weighted by molar-refractivity contribution is -0.120. The second-order valence-electron chi connectivity index (χ2n) is 6.18. The van der Waals surface area contributed by atoms with Gasteiger partial charge in [-0.1, -0.05) is 6.07 Å². The second-order valence-corrected chi connectivity index (χ2v) is 6.18. The molecule has 134 valence electrons. The van der Waals surface area contributed by atoms with Gasteiger partial charge in [-0.15, -0.1) is 10.2 Å². The van der Waals surface area contributed by atoms with Crippen molar-refractivity contribution in [1.82, 2.24) is 25.7 Å². The van der Waals surface area contributed by atoms with E-state index in [4.69, 9.17) is 0 Å². The Labute approximate surface area is 147 Å². The van der Waals surface area contributed by atoms with Crippen molar-refractivity contribution in [3.63, 3.8) is 0 Å². The minimum absolute atomic E-state index is 0.00349. The number of aromatic amines is 1. The van der Waals surface area contributed by atoms with Gasteiger partial charge in [0.15, 0.2) is 23.1 Å². The SMILES string of the molecule is O=C(Nc1n[nH]c2nnc(-c3cccc(F)c3F)cc12)C1CCNCC1. The lowest BCUT2D eigenvalue weighted by atomic mass is 9.97. The van der Waals surface area contributed by atoms with E-state index < -0.39 is 11.6 Å². The largest absolute Gasteiger partial charge is 0.317 e. The van der Waals surface area contributed by atoms with Gasteiger partial charge in [0.1, 0.15) is 0 Å². The third-order valence-electron chi connectivity index (χ3n) is 4.50. The maximum Gasteiger partial charge on any atom is 0.228 e. The fourth-order valence-corrected chi connectivity index (χ4v) is 3.06. The second kappa shape index (κ2) is 6.75. The molecule has 1 aliphatic rings. The Hall–Kier alpha value is -2.94. The molecule has 0 bridgehead atoms. The molecule has 0 spiro atoms. The summed E-state index contributed by atoms with van der Waals surface area (Å²) >= 11 is 0. The van der Waals surface area contributed by atoms with Crippen LogP contribution in [0.1, 0.15) is 12.8 Å². The van der Waals surface area contributed by atoms with Crippen molar-refractivity contribution in [2.75, 3.05) is 18.4 Å². The summed E-state index contributed by atoms with van der Waals surface area (Å²) in [5.74, 6) is -1.86. The Morgan fingerprint density at radius 3 is 2.81 bits per heavy atom. The predicted octanol–water partition coefficient (Wildman–Crippen LogP) is 2.24. The highest BCUT2D eigenvalue weighted by Crippen LogP contribution is 2.27. The molecule has 1 amide bonds. The molecular weight excluding hydrogens is 342 g/mol. The van der Waals surface area contributed by atoms with Crippen molar-refractivity contribution >= 4 is 22.8 Å². The summed E-state index contributed by atoms with van der Waals surface area (Å²) in [4.78, 5) is 12.4. The Morgan fingerprint density at radius 1 is 1.19 bits per heavy atom. The number of aromatic nitrogens is 4. The number of amides is 1. The number of H-pyrrole nitrogens is 1. The van der Waals surface area contributed by atoms with Crippen LogP contribution in [0.2, 0.25) is 0 Å². The summed E-state index contributed by atoms with van der Waals surface area (Å²) in [5.41, 5.74) is 0.510. The Morgan fingerprint density at radius 2 is 2.00 bits per heavy atom. The first-order valence-electron chi connectivity index (χ1n) is 8.31. The highest BCUT2D eigenvalue weighted by Gasteiger charge is 2.23. The summed E-state index contributed by atoms with van der Waals surface area (Å²) in [6.45, 7) is 1.60. The number of anilines is 1. The van der Waals surface area contributed by atoms with Crippen LogP contribution in [0.5, 0.6) is 0 Å². The molecule has 3 N–H and O–H groups in total. The average molecular weight is 358 g/mol. The van der Waals surface area contributed by atoms with Gasteiger partial charge in [0.25, 0.3) is 0 Å². The minimum Gasteiger partial charge on any atom is -0.317 e. The van der Waals surface area contributed by atoms with E-state index >= 15 is 0 Å². The van der Waals surface area contributed by atoms with Gasteiger partial charge in [0, 0.05) is 11.5 Å². The van der Waals surface area contributed by atoms with Gasteiger partial charge < -0.3 is 10.6 Å². The number of nitrogens with one attached hydrogen (secondary N) is 3. The first kappa shape index (κ1) is 16.5. The van der Waals surface area contributed by atoms with E-state index in [1.54, 1.807) is 0 Å². The van der Waals surface area contributed by atoms with E-state index in [0.29, 0.717) is 16.9 Å². The van der Waals surface area contributed by atoms with Crippen LogP contribution in [-0.2, 0) is 4.79 Å². The Bertz CT molecular complexity index is 967. The molecule has 4 rings (SSSR count). The average Bonchev–Trinajstić information content (AvgIpc) is 3.07. The van der Waals surface area contributed by atoms with E-state index in [1.165, 1.54) is 18.2 Å². The van der Waals surface area contributed by atoms with E-state index in [9.17, 15) is 13.6 Å². The summed E-state index contributed by atoms with van der Waals surface area (Å²) in [5, 5.41) is 21.1. The topological polar surface area (TPSA) is 95.6 Å². The van der Waals surface area contributed by atoms with E-state index in [1.807, 2.05) is 0 Å². The van der Waals surface area contributed by atoms with Gasteiger partial charge in [-0.25, -0.2) is 8.78 Å². The molecule has 0 unspecified atom stereocenters. The Kier molecular flexibility index (Phi) is 4.29. The zero-order chi connectivity index (χ0) is 18.1. The van der Waals surface area contributed by atoms with Gasteiger partial charge in [-0.3, -0.25) is 9.89 Å².